The molecule has 1 aliphatic carbocycles. The first kappa shape index (κ1) is 19.7. The zero-order valence-corrected chi connectivity index (χ0v) is 17.6. The maximum atomic E-state index is 13.3. The van der Waals surface area contributed by atoms with Crippen LogP contribution in [0.15, 0.2) is 52.4 Å². The molecule has 0 aliphatic heterocycles. The third kappa shape index (κ3) is 4.37. The summed E-state index contributed by atoms with van der Waals surface area (Å²) in [6.07, 6.45) is 3.66. The molecule has 4 rings (SSSR count). The topological polar surface area (TPSA) is 64.0 Å². The zero-order chi connectivity index (χ0) is 20.4. The molecule has 29 heavy (non-hydrogen) atoms. The third-order valence-corrected chi connectivity index (χ3v) is 6.29. The van der Waals surface area contributed by atoms with E-state index in [1.54, 1.807) is 10.6 Å². The highest BCUT2D eigenvalue weighted by atomic mass is 32.2. The lowest BCUT2D eigenvalue weighted by atomic mass is 9.85. The van der Waals surface area contributed by atoms with E-state index in [0.29, 0.717) is 22.0 Å². The van der Waals surface area contributed by atoms with E-state index < -0.39 is 0 Å². The number of hydrogen-bond donors (Lipinski definition) is 1. The van der Waals surface area contributed by atoms with Crippen LogP contribution in [0, 0.1) is 19.8 Å². The maximum Gasteiger partial charge on any atom is 0.266 e. The predicted octanol–water partition coefficient (Wildman–Crippen LogP) is 4.01. The van der Waals surface area contributed by atoms with Gasteiger partial charge in [-0.3, -0.25) is 14.2 Å². The van der Waals surface area contributed by atoms with Gasteiger partial charge in [-0.2, -0.15) is 0 Å². The van der Waals surface area contributed by atoms with Gasteiger partial charge in [-0.15, -0.1) is 0 Å². The van der Waals surface area contributed by atoms with E-state index in [1.807, 2.05) is 44.2 Å². The smallest absolute Gasteiger partial charge is 0.266 e. The van der Waals surface area contributed by atoms with Gasteiger partial charge in [0.15, 0.2) is 5.16 Å². The molecule has 1 aliphatic rings. The van der Waals surface area contributed by atoms with Gasteiger partial charge in [0.2, 0.25) is 5.91 Å². The van der Waals surface area contributed by atoms with Crippen LogP contribution >= 0.6 is 11.8 Å². The molecule has 1 amide bonds. The van der Waals surface area contributed by atoms with Gasteiger partial charge in [-0.25, -0.2) is 4.98 Å². The summed E-state index contributed by atoms with van der Waals surface area (Å²) in [6.45, 7) is 4.77. The molecule has 0 atom stereocenters. The molecular weight excluding hydrogens is 382 g/mol. The normalized spacial score (nSPS) is 14.0. The molecule has 0 bridgehead atoms. The second-order valence-electron chi connectivity index (χ2n) is 7.79. The summed E-state index contributed by atoms with van der Waals surface area (Å²) in [6, 6.07) is 13.4. The molecule has 2 aromatic carbocycles. The Bertz CT molecular complexity index is 1100. The van der Waals surface area contributed by atoms with E-state index in [4.69, 9.17) is 4.98 Å². The molecule has 0 spiro atoms. The van der Waals surface area contributed by atoms with Gasteiger partial charge >= 0.3 is 0 Å². The third-order valence-electron chi connectivity index (χ3n) is 5.35. The lowest BCUT2D eigenvalue weighted by Gasteiger charge is -2.25. The average Bonchev–Trinajstić information content (AvgIpc) is 2.64. The Balaban J connectivity index is 1.67. The number of benzene rings is 2. The van der Waals surface area contributed by atoms with Crippen molar-refractivity contribution in [3.05, 3.63) is 63.9 Å². The minimum absolute atomic E-state index is 0.0173. The highest BCUT2D eigenvalue weighted by Crippen LogP contribution is 2.25. The Labute approximate surface area is 174 Å². The molecule has 5 nitrogen and oxygen atoms in total. The quantitative estimate of drug-likeness (QED) is 0.495. The highest BCUT2D eigenvalue weighted by Gasteiger charge is 2.19. The van der Waals surface area contributed by atoms with Crippen molar-refractivity contribution >= 4 is 28.6 Å². The van der Waals surface area contributed by atoms with E-state index in [9.17, 15) is 9.59 Å². The Kier molecular flexibility index (Phi) is 5.72. The summed E-state index contributed by atoms with van der Waals surface area (Å²) in [5, 5.41) is 4.12. The van der Waals surface area contributed by atoms with E-state index in [0.717, 1.165) is 23.4 Å². The number of carbonyl (C=O) groups is 1. The number of fused-ring (bicyclic) bond motifs is 1. The first-order valence-corrected chi connectivity index (χ1v) is 11.0. The summed E-state index contributed by atoms with van der Waals surface area (Å²) >= 11 is 1.31. The number of nitrogens with one attached hydrogen (secondary N) is 1. The average molecular weight is 408 g/mol. The van der Waals surface area contributed by atoms with Crippen LogP contribution in [0.3, 0.4) is 0 Å². The Morgan fingerprint density at radius 3 is 2.59 bits per heavy atom. The number of para-hydroxylation sites is 1. The van der Waals surface area contributed by atoms with Crippen LogP contribution in [0.1, 0.15) is 30.4 Å². The first-order chi connectivity index (χ1) is 14.0. The number of carbonyl (C=O) groups excluding carboxylic acids is 1. The van der Waals surface area contributed by atoms with E-state index in [-0.39, 0.29) is 17.2 Å². The lowest BCUT2D eigenvalue weighted by molar-refractivity contribution is -0.118. The number of aromatic nitrogens is 2. The second-order valence-corrected chi connectivity index (χ2v) is 8.73. The molecule has 1 fully saturated rings. The summed E-state index contributed by atoms with van der Waals surface area (Å²) in [5.74, 6) is 0.843. The minimum Gasteiger partial charge on any atom is -0.355 e. The van der Waals surface area contributed by atoms with Crippen molar-refractivity contribution in [1.82, 2.24) is 14.9 Å². The molecule has 1 heterocycles. The fraction of sp³-hybridized carbons (Fsp3) is 0.348. The molecule has 1 aromatic heterocycles. The van der Waals surface area contributed by atoms with Crippen LogP contribution < -0.4 is 10.9 Å². The largest absolute Gasteiger partial charge is 0.355 e. The number of amides is 1. The summed E-state index contributed by atoms with van der Waals surface area (Å²) in [7, 11) is 0. The number of thioether (sulfide) groups is 1. The Morgan fingerprint density at radius 1 is 1.17 bits per heavy atom. The van der Waals surface area contributed by atoms with Gasteiger partial charge in [0.25, 0.3) is 5.56 Å². The van der Waals surface area contributed by atoms with Crippen molar-refractivity contribution < 1.29 is 4.79 Å². The predicted molar refractivity (Wildman–Crippen MR) is 118 cm³/mol. The fourth-order valence-electron chi connectivity index (χ4n) is 3.65. The van der Waals surface area contributed by atoms with E-state index in [2.05, 4.69) is 11.4 Å². The maximum absolute atomic E-state index is 13.3. The van der Waals surface area contributed by atoms with Crippen molar-refractivity contribution in [3.8, 4) is 5.69 Å². The first-order valence-electron chi connectivity index (χ1n) is 10.0. The van der Waals surface area contributed by atoms with Gasteiger partial charge in [0.1, 0.15) is 0 Å². The monoisotopic (exact) mass is 407 g/mol. The summed E-state index contributed by atoms with van der Waals surface area (Å²) in [4.78, 5) is 30.3. The van der Waals surface area contributed by atoms with Crippen molar-refractivity contribution in [2.45, 2.75) is 38.3 Å². The Morgan fingerprint density at radius 2 is 1.90 bits per heavy atom. The molecule has 0 radical (unpaired) electrons. The summed E-state index contributed by atoms with van der Waals surface area (Å²) < 4.78 is 1.63. The van der Waals surface area contributed by atoms with Crippen molar-refractivity contribution in [2.75, 3.05) is 12.3 Å². The SMILES string of the molecule is Cc1cc(C)cc(-n2c(SCC(=O)NCC3CCC3)nc3ccccc3c2=O)c1. The van der Waals surface area contributed by atoms with Crippen molar-refractivity contribution in [2.24, 2.45) is 5.92 Å². The molecule has 1 saturated carbocycles. The molecule has 150 valence electrons. The van der Waals surface area contributed by atoms with Gasteiger partial charge in [0, 0.05) is 6.54 Å². The second kappa shape index (κ2) is 8.41. The van der Waals surface area contributed by atoms with Crippen LogP contribution in [0.4, 0.5) is 0 Å². The van der Waals surface area contributed by atoms with Crippen LogP contribution in [0.2, 0.25) is 0 Å². The van der Waals surface area contributed by atoms with Gasteiger partial charge in [-0.1, -0.05) is 36.4 Å². The van der Waals surface area contributed by atoms with Gasteiger partial charge in [0.05, 0.1) is 22.3 Å². The molecule has 0 unspecified atom stereocenters. The molecule has 6 heteroatoms. The van der Waals surface area contributed by atoms with E-state index in [1.165, 1.54) is 31.0 Å². The van der Waals surface area contributed by atoms with Crippen molar-refractivity contribution in [3.63, 3.8) is 0 Å². The van der Waals surface area contributed by atoms with Gasteiger partial charge < -0.3 is 5.32 Å². The van der Waals surface area contributed by atoms with Crippen LogP contribution in [0.25, 0.3) is 16.6 Å². The molecule has 0 saturated heterocycles. The number of nitrogens with zero attached hydrogens (tertiary/aromatic N) is 2. The zero-order valence-electron chi connectivity index (χ0n) is 16.8. The molecule has 1 N–H and O–H groups in total. The highest BCUT2D eigenvalue weighted by molar-refractivity contribution is 7.99. The molecule has 3 aromatic rings. The number of hydrogen-bond acceptors (Lipinski definition) is 4. The van der Waals surface area contributed by atoms with Crippen molar-refractivity contribution in [1.29, 1.82) is 0 Å². The van der Waals surface area contributed by atoms with Crippen LogP contribution in [-0.2, 0) is 4.79 Å². The van der Waals surface area contributed by atoms with Crippen LogP contribution in [-0.4, -0.2) is 27.8 Å². The molecular formula is C23H25N3O2S. The van der Waals surface area contributed by atoms with Gasteiger partial charge in [-0.05, 0) is 68.0 Å². The minimum atomic E-state index is -0.113. The Hall–Kier alpha value is -2.60. The number of aryl methyl sites for hydroxylation is 2. The standard InChI is InChI=1S/C23H25N3O2S/c1-15-10-16(2)12-18(11-15)26-22(28)19-8-3-4-9-20(19)25-23(26)29-14-21(27)24-13-17-6-5-7-17/h3-4,8-12,17H,5-7,13-14H2,1-2H3,(H,24,27). The van der Waals surface area contributed by atoms with E-state index >= 15 is 0 Å². The van der Waals surface area contributed by atoms with Crippen LogP contribution in [0.5, 0.6) is 0 Å². The number of rotatable bonds is 6. The fourth-order valence-corrected chi connectivity index (χ4v) is 4.50. The lowest BCUT2D eigenvalue weighted by Crippen LogP contribution is -2.33. The summed E-state index contributed by atoms with van der Waals surface area (Å²) in [5.41, 5.74) is 3.47.